The van der Waals surface area contributed by atoms with Crippen molar-refractivity contribution in [3.8, 4) is 5.75 Å². The predicted molar refractivity (Wildman–Crippen MR) is 87.5 cm³/mol. The van der Waals surface area contributed by atoms with Crippen LogP contribution in [0.3, 0.4) is 0 Å². The van der Waals surface area contributed by atoms with E-state index in [1.807, 2.05) is 0 Å². The smallest absolute Gasteiger partial charge is 0.279 e. The van der Waals surface area contributed by atoms with E-state index < -0.39 is 23.7 Å². The average molecular weight is 348 g/mol. The van der Waals surface area contributed by atoms with Crippen molar-refractivity contribution in [3.63, 3.8) is 0 Å². The monoisotopic (exact) mass is 348 g/mol. The van der Waals surface area contributed by atoms with Crippen LogP contribution < -0.4 is 15.6 Å². The molecule has 132 valence electrons. The van der Waals surface area contributed by atoms with Crippen molar-refractivity contribution in [2.24, 2.45) is 0 Å². The number of halogens is 2. The van der Waals surface area contributed by atoms with Crippen LogP contribution in [0.1, 0.15) is 18.9 Å². The van der Waals surface area contributed by atoms with Gasteiger partial charge in [0.1, 0.15) is 5.82 Å². The number of nitrogens with one attached hydrogen (secondary N) is 2. The maximum Gasteiger partial charge on any atom is 0.279 e. The van der Waals surface area contributed by atoms with Crippen molar-refractivity contribution in [2.45, 2.75) is 25.9 Å². The van der Waals surface area contributed by atoms with Crippen molar-refractivity contribution in [3.05, 3.63) is 65.7 Å². The highest BCUT2D eigenvalue weighted by Gasteiger charge is 2.17. The molecule has 0 saturated carbocycles. The van der Waals surface area contributed by atoms with Crippen LogP contribution in [0.2, 0.25) is 0 Å². The van der Waals surface area contributed by atoms with Crippen LogP contribution in [0.4, 0.5) is 8.78 Å². The normalized spacial score (nSPS) is 11.5. The first-order valence-corrected chi connectivity index (χ1v) is 7.70. The third-order valence-corrected chi connectivity index (χ3v) is 3.39. The second-order valence-corrected chi connectivity index (χ2v) is 5.35. The van der Waals surface area contributed by atoms with Crippen molar-refractivity contribution in [1.29, 1.82) is 0 Å². The zero-order valence-electron chi connectivity index (χ0n) is 13.6. The molecule has 0 heterocycles. The Morgan fingerprint density at radius 3 is 2.40 bits per heavy atom. The predicted octanol–water partition coefficient (Wildman–Crippen LogP) is 2.51. The number of ether oxygens (including phenoxy) is 1. The summed E-state index contributed by atoms with van der Waals surface area (Å²) in [6.07, 6.45) is -0.466. The van der Waals surface area contributed by atoms with Crippen molar-refractivity contribution < 1.29 is 23.1 Å². The molecule has 2 aromatic rings. The van der Waals surface area contributed by atoms with Crippen molar-refractivity contribution in [1.82, 2.24) is 10.9 Å². The van der Waals surface area contributed by atoms with E-state index in [9.17, 15) is 18.4 Å². The second-order valence-electron chi connectivity index (χ2n) is 5.35. The summed E-state index contributed by atoms with van der Waals surface area (Å²) in [5.41, 5.74) is 5.29. The summed E-state index contributed by atoms with van der Waals surface area (Å²) in [5, 5.41) is 0. The molecule has 2 amide bonds. The molecule has 7 heteroatoms. The fourth-order valence-electron chi connectivity index (χ4n) is 1.99. The molecule has 0 aliphatic rings. The first-order chi connectivity index (χ1) is 12.0. The molecule has 0 aliphatic carbocycles. The van der Waals surface area contributed by atoms with E-state index in [2.05, 4.69) is 10.9 Å². The van der Waals surface area contributed by atoms with Gasteiger partial charge < -0.3 is 4.74 Å². The SMILES string of the molecule is CC(Oc1ccccc1F)C(=O)NNC(=O)CCc1ccc(F)cc1. The number of hydrazine groups is 1. The van der Waals surface area contributed by atoms with Crippen LogP contribution in [0.5, 0.6) is 5.75 Å². The number of carbonyl (C=O) groups is 2. The van der Waals surface area contributed by atoms with Gasteiger partial charge in [0.2, 0.25) is 5.91 Å². The lowest BCUT2D eigenvalue weighted by Gasteiger charge is -2.15. The van der Waals surface area contributed by atoms with Gasteiger partial charge in [-0.05, 0) is 43.2 Å². The van der Waals surface area contributed by atoms with Crippen LogP contribution in [-0.4, -0.2) is 17.9 Å². The quantitative estimate of drug-likeness (QED) is 0.789. The van der Waals surface area contributed by atoms with Crippen LogP contribution in [0, 0.1) is 11.6 Å². The number of carbonyl (C=O) groups excluding carboxylic acids is 2. The Balaban J connectivity index is 1.74. The molecule has 0 aliphatic heterocycles. The lowest BCUT2D eigenvalue weighted by molar-refractivity contribution is -0.132. The fraction of sp³-hybridized carbons (Fsp3) is 0.222. The number of hydrogen-bond donors (Lipinski definition) is 2. The summed E-state index contributed by atoms with van der Waals surface area (Å²) in [4.78, 5) is 23.6. The van der Waals surface area contributed by atoms with Crippen LogP contribution in [0.25, 0.3) is 0 Å². The maximum atomic E-state index is 13.5. The Morgan fingerprint density at radius 1 is 1.04 bits per heavy atom. The van der Waals surface area contributed by atoms with Gasteiger partial charge >= 0.3 is 0 Å². The Kier molecular flexibility index (Phi) is 6.45. The van der Waals surface area contributed by atoms with E-state index in [4.69, 9.17) is 4.74 Å². The molecule has 2 rings (SSSR count). The van der Waals surface area contributed by atoms with Gasteiger partial charge in [0.25, 0.3) is 5.91 Å². The molecular weight excluding hydrogens is 330 g/mol. The van der Waals surface area contributed by atoms with Gasteiger partial charge in [-0.1, -0.05) is 24.3 Å². The molecule has 25 heavy (non-hydrogen) atoms. The highest BCUT2D eigenvalue weighted by Crippen LogP contribution is 2.16. The number of para-hydroxylation sites is 1. The molecular formula is C18H18F2N2O3. The third-order valence-electron chi connectivity index (χ3n) is 3.39. The highest BCUT2D eigenvalue weighted by atomic mass is 19.1. The zero-order chi connectivity index (χ0) is 18.2. The Labute approximate surface area is 144 Å². The summed E-state index contributed by atoms with van der Waals surface area (Å²) in [5.74, 6) is -1.99. The number of benzene rings is 2. The second kappa shape index (κ2) is 8.77. The first-order valence-electron chi connectivity index (χ1n) is 7.70. The van der Waals surface area contributed by atoms with Crippen LogP contribution in [0.15, 0.2) is 48.5 Å². The number of hydrogen-bond acceptors (Lipinski definition) is 3. The molecule has 2 N–H and O–H groups in total. The first kappa shape index (κ1) is 18.4. The van der Waals surface area contributed by atoms with Crippen LogP contribution in [-0.2, 0) is 16.0 Å². The lowest BCUT2D eigenvalue weighted by Crippen LogP contribution is -2.47. The molecule has 1 unspecified atom stereocenters. The van der Waals surface area contributed by atoms with Gasteiger partial charge in [0.05, 0.1) is 0 Å². The maximum absolute atomic E-state index is 13.5. The molecule has 5 nitrogen and oxygen atoms in total. The number of rotatable bonds is 6. The van der Waals surface area contributed by atoms with E-state index in [1.165, 1.54) is 37.3 Å². The summed E-state index contributed by atoms with van der Waals surface area (Å²) in [6.45, 7) is 1.44. The summed E-state index contributed by atoms with van der Waals surface area (Å²) in [6, 6.07) is 11.5. The van der Waals surface area contributed by atoms with Crippen molar-refractivity contribution >= 4 is 11.8 Å². The molecule has 2 aromatic carbocycles. The van der Waals surface area contributed by atoms with Gasteiger partial charge in [-0.2, -0.15) is 0 Å². The summed E-state index contributed by atoms with van der Waals surface area (Å²) < 4.78 is 31.5. The molecule has 0 saturated heterocycles. The van der Waals surface area contributed by atoms with Gasteiger partial charge in [0, 0.05) is 6.42 Å². The summed E-state index contributed by atoms with van der Waals surface area (Å²) in [7, 11) is 0. The van der Waals surface area contributed by atoms with E-state index in [-0.39, 0.29) is 18.0 Å². The largest absolute Gasteiger partial charge is 0.478 e. The molecule has 0 bridgehead atoms. The van der Waals surface area contributed by atoms with Gasteiger partial charge in [-0.25, -0.2) is 8.78 Å². The van der Waals surface area contributed by atoms with Crippen molar-refractivity contribution in [2.75, 3.05) is 0 Å². The topological polar surface area (TPSA) is 67.4 Å². The van der Waals surface area contributed by atoms with Gasteiger partial charge in [-0.15, -0.1) is 0 Å². The molecule has 0 fully saturated rings. The van der Waals surface area contributed by atoms with E-state index in [0.29, 0.717) is 6.42 Å². The van der Waals surface area contributed by atoms with E-state index in [1.54, 1.807) is 18.2 Å². The molecule has 0 aromatic heterocycles. The molecule has 0 spiro atoms. The number of amides is 2. The minimum Gasteiger partial charge on any atom is -0.478 e. The van der Waals surface area contributed by atoms with Crippen LogP contribution >= 0.6 is 0 Å². The van der Waals surface area contributed by atoms with E-state index in [0.717, 1.165) is 5.56 Å². The Hall–Kier alpha value is -2.96. The Morgan fingerprint density at radius 2 is 1.72 bits per heavy atom. The number of aryl methyl sites for hydroxylation is 1. The molecule has 0 radical (unpaired) electrons. The average Bonchev–Trinajstić information content (AvgIpc) is 2.61. The highest BCUT2D eigenvalue weighted by molar-refractivity contribution is 5.84. The third kappa shape index (κ3) is 5.87. The fourth-order valence-corrected chi connectivity index (χ4v) is 1.99. The summed E-state index contributed by atoms with van der Waals surface area (Å²) >= 11 is 0. The van der Waals surface area contributed by atoms with Gasteiger partial charge in [-0.3, -0.25) is 20.4 Å². The standard InChI is InChI=1S/C18H18F2N2O3/c1-12(25-16-5-3-2-4-15(16)20)18(24)22-21-17(23)11-8-13-6-9-14(19)10-7-13/h2-7,9-10,12H,8,11H2,1H3,(H,21,23)(H,22,24). The Bertz CT molecular complexity index is 735. The zero-order valence-corrected chi connectivity index (χ0v) is 13.6. The minimum atomic E-state index is -0.991. The van der Waals surface area contributed by atoms with E-state index >= 15 is 0 Å². The minimum absolute atomic E-state index is 0.0483. The van der Waals surface area contributed by atoms with Gasteiger partial charge in [0.15, 0.2) is 17.7 Å². The lowest BCUT2D eigenvalue weighted by atomic mass is 10.1. The molecule has 1 atom stereocenters.